The zero-order valence-electron chi connectivity index (χ0n) is 5.81. The Morgan fingerprint density at radius 2 is 1.69 bits per heavy atom. The van der Waals surface area contributed by atoms with Gasteiger partial charge in [0.05, 0.1) is 4.47 Å². The minimum absolute atomic E-state index is 0.128. The van der Waals surface area contributed by atoms with Crippen molar-refractivity contribution in [3.63, 3.8) is 0 Å². The molecule has 0 spiro atoms. The molecule has 0 aliphatic heterocycles. The molecule has 2 rings (SSSR count). The summed E-state index contributed by atoms with van der Waals surface area (Å²) in [5.74, 6) is 0. The van der Waals surface area contributed by atoms with Gasteiger partial charge < -0.3 is 4.42 Å². The summed E-state index contributed by atoms with van der Waals surface area (Å²) in [4.78, 5) is 7.90. The van der Waals surface area contributed by atoms with Crippen LogP contribution >= 0.6 is 55.1 Å². The van der Waals surface area contributed by atoms with E-state index in [-0.39, 0.29) is 10.3 Å². The fourth-order valence-corrected chi connectivity index (χ4v) is 1.74. The first-order valence-corrected chi connectivity index (χ1v) is 5.40. The molecule has 0 aliphatic rings. The van der Waals surface area contributed by atoms with E-state index in [1.54, 1.807) is 0 Å². The van der Waals surface area contributed by atoms with Gasteiger partial charge in [0.1, 0.15) is 5.52 Å². The largest absolute Gasteiger partial charge is 0.428 e. The van der Waals surface area contributed by atoms with Gasteiger partial charge in [-0.05, 0) is 31.9 Å². The van der Waals surface area contributed by atoms with Crippen molar-refractivity contribution in [1.82, 2.24) is 9.97 Å². The lowest BCUT2D eigenvalue weighted by molar-refractivity contribution is 0.573. The van der Waals surface area contributed by atoms with Crippen molar-refractivity contribution < 1.29 is 4.42 Å². The normalized spacial score (nSPS) is 11.1. The SMILES string of the molecule is Clc1nc2oc(Br)c(Br)c2nc1Cl. The third-order valence-corrected chi connectivity index (χ3v) is 3.80. The Morgan fingerprint density at radius 1 is 1.08 bits per heavy atom. The van der Waals surface area contributed by atoms with E-state index in [2.05, 4.69) is 41.8 Å². The van der Waals surface area contributed by atoms with E-state index in [9.17, 15) is 0 Å². The van der Waals surface area contributed by atoms with Crippen molar-refractivity contribution >= 4 is 66.3 Å². The van der Waals surface area contributed by atoms with E-state index in [1.165, 1.54) is 0 Å². The molecule has 7 heteroatoms. The predicted molar refractivity (Wildman–Crippen MR) is 57.2 cm³/mol. The standard InChI is InChI=1S/C6Br2Cl2N2O/c7-1-2-6(13-3(1)8)12-5(10)4(9)11-2. The molecule has 0 aromatic carbocycles. The van der Waals surface area contributed by atoms with E-state index in [0.717, 1.165) is 0 Å². The Balaban J connectivity index is 2.89. The second-order valence-corrected chi connectivity index (χ2v) is 4.38. The van der Waals surface area contributed by atoms with E-state index in [4.69, 9.17) is 27.6 Å². The van der Waals surface area contributed by atoms with Crippen molar-refractivity contribution in [3.8, 4) is 0 Å². The van der Waals surface area contributed by atoms with Gasteiger partial charge in [0.2, 0.25) is 5.71 Å². The summed E-state index contributed by atoms with van der Waals surface area (Å²) >= 11 is 17.8. The molecule has 13 heavy (non-hydrogen) atoms. The first-order valence-electron chi connectivity index (χ1n) is 3.06. The van der Waals surface area contributed by atoms with Crippen LogP contribution in [0.15, 0.2) is 13.6 Å². The second kappa shape index (κ2) is 3.38. The lowest BCUT2D eigenvalue weighted by Crippen LogP contribution is -1.82. The van der Waals surface area contributed by atoms with Gasteiger partial charge in [-0.1, -0.05) is 23.2 Å². The molecule has 0 unspecified atom stereocenters. The number of furan rings is 1. The average Bonchev–Trinajstić information content (AvgIpc) is 2.32. The highest BCUT2D eigenvalue weighted by Gasteiger charge is 2.14. The maximum atomic E-state index is 5.69. The van der Waals surface area contributed by atoms with Gasteiger partial charge >= 0.3 is 0 Å². The third kappa shape index (κ3) is 1.58. The summed E-state index contributed by atoms with van der Waals surface area (Å²) < 4.78 is 6.38. The molecular formula is C6Br2Cl2N2O. The van der Waals surface area contributed by atoms with Crippen LogP contribution in [0.1, 0.15) is 0 Å². The molecule has 0 fully saturated rings. The summed E-state index contributed by atoms with van der Waals surface area (Å²) in [6.45, 7) is 0. The van der Waals surface area contributed by atoms with Crippen molar-refractivity contribution in [2.24, 2.45) is 0 Å². The highest BCUT2D eigenvalue weighted by molar-refractivity contribution is 9.13. The van der Waals surface area contributed by atoms with Gasteiger partial charge in [-0.15, -0.1) is 0 Å². The first-order chi connectivity index (χ1) is 6.09. The lowest BCUT2D eigenvalue weighted by Gasteiger charge is -1.91. The van der Waals surface area contributed by atoms with Crippen LogP contribution in [0, 0.1) is 0 Å². The number of hydrogen-bond acceptors (Lipinski definition) is 3. The lowest BCUT2D eigenvalue weighted by atomic mass is 10.5. The van der Waals surface area contributed by atoms with Crippen LogP contribution in [0.3, 0.4) is 0 Å². The molecule has 0 aliphatic carbocycles. The van der Waals surface area contributed by atoms with Crippen LogP contribution in [-0.2, 0) is 0 Å². The summed E-state index contributed by atoms with van der Waals surface area (Å²) in [6, 6.07) is 0. The van der Waals surface area contributed by atoms with E-state index in [0.29, 0.717) is 20.4 Å². The number of nitrogens with zero attached hydrogens (tertiary/aromatic N) is 2. The molecule has 0 bridgehead atoms. The van der Waals surface area contributed by atoms with Crippen molar-refractivity contribution in [3.05, 3.63) is 19.4 Å². The monoisotopic (exact) mass is 344 g/mol. The molecular weight excluding hydrogens is 347 g/mol. The smallest absolute Gasteiger partial charge is 0.249 e. The second-order valence-electron chi connectivity index (χ2n) is 2.15. The molecule has 68 valence electrons. The van der Waals surface area contributed by atoms with Crippen LogP contribution in [-0.4, -0.2) is 9.97 Å². The van der Waals surface area contributed by atoms with Crippen LogP contribution in [0.5, 0.6) is 0 Å². The number of rotatable bonds is 0. The molecule has 2 aromatic heterocycles. The highest BCUT2D eigenvalue weighted by Crippen LogP contribution is 2.34. The molecule has 0 radical (unpaired) electrons. The fraction of sp³-hybridized carbons (Fsp3) is 0. The Labute approximate surface area is 99.7 Å². The van der Waals surface area contributed by atoms with Gasteiger partial charge in [-0.3, -0.25) is 0 Å². The molecule has 3 nitrogen and oxygen atoms in total. The van der Waals surface area contributed by atoms with E-state index in [1.807, 2.05) is 0 Å². The van der Waals surface area contributed by atoms with Gasteiger partial charge in [0.25, 0.3) is 0 Å². The molecule has 0 saturated heterocycles. The number of hydrogen-bond donors (Lipinski definition) is 0. The Kier molecular flexibility index (Phi) is 2.53. The van der Waals surface area contributed by atoms with Gasteiger partial charge in [0.15, 0.2) is 15.0 Å². The summed E-state index contributed by atoms with van der Waals surface area (Å²) in [7, 11) is 0. The average molecular weight is 347 g/mol. The molecule has 2 heterocycles. The molecule has 0 saturated carbocycles. The van der Waals surface area contributed by atoms with Crippen molar-refractivity contribution in [1.29, 1.82) is 0 Å². The highest BCUT2D eigenvalue weighted by atomic mass is 79.9. The van der Waals surface area contributed by atoms with Gasteiger partial charge in [-0.25, -0.2) is 4.98 Å². The van der Waals surface area contributed by atoms with Crippen LogP contribution < -0.4 is 0 Å². The molecule has 0 amide bonds. The van der Waals surface area contributed by atoms with Crippen LogP contribution in [0.4, 0.5) is 0 Å². The predicted octanol–water partition coefficient (Wildman–Crippen LogP) is 4.05. The first kappa shape index (κ1) is 9.71. The minimum atomic E-state index is 0.128. The quantitative estimate of drug-likeness (QED) is 0.722. The van der Waals surface area contributed by atoms with Crippen LogP contribution in [0.2, 0.25) is 10.3 Å². The number of halogens is 4. The molecule has 0 atom stereocenters. The Morgan fingerprint density at radius 3 is 2.38 bits per heavy atom. The van der Waals surface area contributed by atoms with Crippen molar-refractivity contribution in [2.45, 2.75) is 0 Å². The Bertz CT molecular complexity index is 485. The van der Waals surface area contributed by atoms with Gasteiger partial charge in [0, 0.05) is 0 Å². The number of aromatic nitrogens is 2. The summed E-state index contributed by atoms with van der Waals surface area (Å²) in [6.07, 6.45) is 0. The van der Waals surface area contributed by atoms with Gasteiger partial charge in [-0.2, -0.15) is 4.98 Å². The maximum Gasteiger partial charge on any atom is 0.249 e. The summed E-state index contributed by atoms with van der Waals surface area (Å²) in [5.41, 5.74) is 0.884. The third-order valence-electron chi connectivity index (χ3n) is 1.35. The van der Waals surface area contributed by atoms with E-state index < -0.39 is 0 Å². The molecule has 2 aromatic rings. The fourth-order valence-electron chi connectivity index (χ4n) is 0.817. The number of fused-ring (bicyclic) bond motifs is 1. The maximum absolute atomic E-state index is 5.69. The van der Waals surface area contributed by atoms with Crippen molar-refractivity contribution in [2.75, 3.05) is 0 Å². The molecule has 0 N–H and O–H groups in total. The minimum Gasteiger partial charge on any atom is -0.428 e. The van der Waals surface area contributed by atoms with Crippen LogP contribution in [0.25, 0.3) is 11.2 Å². The zero-order chi connectivity index (χ0) is 9.59. The van der Waals surface area contributed by atoms with E-state index >= 15 is 0 Å². The topological polar surface area (TPSA) is 38.9 Å². The Hall–Kier alpha value is 0.160. The zero-order valence-corrected chi connectivity index (χ0v) is 10.5. The summed E-state index contributed by atoms with van der Waals surface area (Å²) in [5, 5.41) is 0.283.